The molecule has 12 heavy (non-hydrogen) atoms. The average molecular weight is 155 g/mol. The average Bonchev–Trinajstić information content (AvgIpc) is 2.14. The molecule has 54 valence electrons. The van der Waals surface area contributed by atoms with Crippen LogP contribution in [0.2, 0.25) is 0 Å². The van der Waals surface area contributed by atoms with Crippen molar-refractivity contribution < 1.29 is 0 Å². The summed E-state index contributed by atoms with van der Waals surface area (Å²) < 4.78 is 0. The van der Waals surface area contributed by atoms with E-state index < -0.39 is 11.0 Å². The van der Waals surface area contributed by atoms with E-state index in [0.29, 0.717) is 0 Å². The van der Waals surface area contributed by atoms with Crippen LogP contribution in [0.1, 0.15) is 0 Å². The van der Waals surface area contributed by atoms with E-state index in [2.05, 4.69) is 0 Å². The molecule has 0 fully saturated rings. The SMILES string of the molecule is N#CC(=C=N)C(C#N)(C#N)C#N. The highest BCUT2D eigenvalue weighted by Gasteiger charge is 2.36. The smallest absolute Gasteiger partial charge is 0.258 e. The predicted molar refractivity (Wildman–Crippen MR) is 36.1 cm³/mol. The molecule has 0 aromatic carbocycles. The molecule has 0 atom stereocenters. The van der Waals surface area contributed by atoms with Crippen LogP contribution in [-0.4, -0.2) is 5.87 Å². The maximum absolute atomic E-state index is 8.42. The summed E-state index contributed by atoms with van der Waals surface area (Å²) in [6, 6.07) is 5.45. The van der Waals surface area contributed by atoms with Crippen LogP contribution in [0.15, 0.2) is 5.57 Å². The van der Waals surface area contributed by atoms with Crippen molar-refractivity contribution in [1.82, 2.24) is 0 Å². The normalized spacial score (nSPS) is 7.67. The first-order chi connectivity index (χ1) is 5.70. The van der Waals surface area contributed by atoms with Gasteiger partial charge in [0.2, 0.25) is 0 Å². The first-order valence-corrected chi connectivity index (χ1v) is 2.64. The molecule has 0 saturated heterocycles. The Labute approximate surface area is 68.5 Å². The molecule has 0 bridgehead atoms. The monoisotopic (exact) mass is 155 g/mol. The van der Waals surface area contributed by atoms with Crippen LogP contribution in [-0.2, 0) is 0 Å². The van der Waals surface area contributed by atoms with Crippen molar-refractivity contribution >= 4 is 5.87 Å². The van der Waals surface area contributed by atoms with Gasteiger partial charge in [-0.05, 0) is 5.87 Å². The second kappa shape index (κ2) is 3.55. The Kier molecular flexibility index (Phi) is 2.78. The number of nitrogens with zero attached hydrogens (tertiary/aromatic N) is 4. The van der Waals surface area contributed by atoms with Crippen molar-refractivity contribution in [1.29, 1.82) is 26.5 Å². The maximum Gasteiger partial charge on any atom is 0.271 e. The molecule has 0 aliphatic rings. The highest BCUT2D eigenvalue weighted by Crippen LogP contribution is 2.21. The molecule has 0 radical (unpaired) electrons. The first kappa shape index (κ1) is 9.41. The van der Waals surface area contributed by atoms with Crippen molar-refractivity contribution in [3.05, 3.63) is 5.57 Å². The van der Waals surface area contributed by atoms with Crippen LogP contribution in [0.5, 0.6) is 0 Å². The molecule has 0 rings (SSSR count). The standard InChI is InChI=1S/C7HN5/c8-1-6(2-9)7(3-10,4-11)5-12/h8H. The highest BCUT2D eigenvalue weighted by molar-refractivity contribution is 5.69. The molecule has 5 heteroatoms. The van der Waals surface area contributed by atoms with Crippen molar-refractivity contribution in [2.24, 2.45) is 5.41 Å². The van der Waals surface area contributed by atoms with Crippen molar-refractivity contribution in [3.8, 4) is 24.3 Å². The van der Waals surface area contributed by atoms with Gasteiger partial charge in [-0.3, -0.25) is 5.41 Å². The summed E-state index contributed by atoms with van der Waals surface area (Å²) in [6.45, 7) is 0. The van der Waals surface area contributed by atoms with E-state index in [4.69, 9.17) is 26.5 Å². The molecule has 0 aromatic heterocycles. The number of nitriles is 4. The Balaban J connectivity index is 5.58. The maximum atomic E-state index is 8.42. The van der Waals surface area contributed by atoms with E-state index in [1.54, 1.807) is 5.87 Å². The molecule has 0 heterocycles. The minimum atomic E-state index is -2.18. The Morgan fingerprint density at radius 3 is 1.50 bits per heavy atom. The summed E-state index contributed by atoms with van der Waals surface area (Å²) in [5.74, 6) is 1.58. The summed E-state index contributed by atoms with van der Waals surface area (Å²) in [7, 11) is 0. The van der Waals surface area contributed by atoms with Gasteiger partial charge in [0.1, 0.15) is 29.8 Å². The molecule has 1 N–H and O–H groups in total. The third-order valence-electron chi connectivity index (χ3n) is 1.11. The lowest BCUT2D eigenvalue weighted by molar-refractivity contribution is 0.845. The Hall–Kier alpha value is -2.59. The number of nitrogens with one attached hydrogen (secondary N) is 1. The van der Waals surface area contributed by atoms with Gasteiger partial charge in [0.25, 0.3) is 5.41 Å². The topological polar surface area (TPSA) is 119 Å². The molecule has 0 aliphatic heterocycles. The quantitative estimate of drug-likeness (QED) is 0.430. The molecule has 0 saturated carbocycles. The van der Waals surface area contributed by atoms with E-state index in [0.717, 1.165) is 0 Å². The van der Waals surface area contributed by atoms with E-state index in [-0.39, 0.29) is 0 Å². The number of hydrogen-bond acceptors (Lipinski definition) is 5. The number of allylic oxidation sites excluding steroid dienone is 1. The number of rotatable bonds is 1. The molecular weight excluding hydrogens is 154 g/mol. The van der Waals surface area contributed by atoms with Gasteiger partial charge in [0.05, 0.1) is 0 Å². The van der Waals surface area contributed by atoms with Crippen LogP contribution in [0.25, 0.3) is 0 Å². The number of hydrogen-bond donors (Lipinski definition) is 1. The van der Waals surface area contributed by atoms with Crippen LogP contribution in [0.3, 0.4) is 0 Å². The van der Waals surface area contributed by atoms with E-state index >= 15 is 0 Å². The minimum absolute atomic E-state index is 0.588. The molecule has 0 unspecified atom stereocenters. The van der Waals surface area contributed by atoms with Gasteiger partial charge in [-0.2, -0.15) is 21.0 Å². The van der Waals surface area contributed by atoms with Gasteiger partial charge in [-0.25, -0.2) is 0 Å². The largest absolute Gasteiger partial charge is 0.271 e. The fraction of sp³-hybridized carbons (Fsp3) is 0.143. The van der Waals surface area contributed by atoms with Crippen LogP contribution >= 0.6 is 0 Å². The summed E-state index contributed by atoms with van der Waals surface area (Å²) in [4.78, 5) is 0. The summed E-state index contributed by atoms with van der Waals surface area (Å²) in [5.41, 5.74) is -2.77. The highest BCUT2D eigenvalue weighted by atomic mass is 14.5. The third kappa shape index (κ3) is 1.13. The fourth-order valence-electron chi connectivity index (χ4n) is 0.448. The molecule has 0 spiro atoms. The zero-order valence-corrected chi connectivity index (χ0v) is 5.79. The summed E-state index contributed by atoms with van der Waals surface area (Å²) in [6.07, 6.45) is 0. The molecule has 0 aliphatic carbocycles. The van der Waals surface area contributed by atoms with E-state index in [1.807, 2.05) is 0 Å². The van der Waals surface area contributed by atoms with Gasteiger partial charge in [-0.15, -0.1) is 0 Å². The van der Waals surface area contributed by atoms with Crippen LogP contribution in [0, 0.1) is 56.1 Å². The van der Waals surface area contributed by atoms with Crippen molar-refractivity contribution in [3.63, 3.8) is 0 Å². The lowest BCUT2D eigenvalue weighted by Gasteiger charge is -2.01. The second-order valence-electron chi connectivity index (χ2n) is 1.70. The van der Waals surface area contributed by atoms with E-state index in [1.165, 1.54) is 24.3 Å². The molecule has 0 aromatic rings. The lowest BCUT2D eigenvalue weighted by Crippen LogP contribution is -2.16. The minimum Gasteiger partial charge on any atom is -0.258 e. The van der Waals surface area contributed by atoms with Gasteiger partial charge < -0.3 is 0 Å². The Morgan fingerprint density at radius 2 is 1.42 bits per heavy atom. The Morgan fingerprint density at radius 1 is 1.00 bits per heavy atom. The van der Waals surface area contributed by atoms with Crippen molar-refractivity contribution in [2.75, 3.05) is 0 Å². The van der Waals surface area contributed by atoms with Crippen molar-refractivity contribution in [2.45, 2.75) is 0 Å². The summed E-state index contributed by atoms with van der Waals surface area (Å²) in [5, 5.41) is 40.2. The zero-order chi connectivity index (χ0) is 9.61. The predicted octanol–water partition coefficient (Wildman–Crippen LogP) is 0.242. The van der Waals surface area contributed by atoms with Gasteiger partial charge >= 0.3 is 0 Å². The van der Waals surface area contributed by atoms with Gasteiger partial charge in [-0.1, -0.05) is 0 Å². The van der Waals surface area contributed by atoms with Gasteiger partial charge in [0, 0.05) is 0 Å². The fourth-order valence-corrected chi connectivity index (χ4v) is 0.448. The van der Waals surface area contributed by atoms with E-state index in [9.17, 15) is 0 Å². The Bertz CT molecular complexity index is 363. The van der Waals surface area contributed by atoms with Crippen LogP contribution < -0.4 is 0 Å². The zero-order valence-electron chi connectivity index (χ0n) is 5.79. The third-order valence-corrected chi connectivity index (χ3v) is 1.11. The molecule has 5 nitrogen and oxygen atoms in total. The molecule has 0 amide bonds. The van der Waals surface area contributed by atoms with Gasteiger partial charge in [0.15, 0.2) is 0 Å². The lowest BCUT2D eigenvalue weighted by atomic mass is 9.86. The van der Waals surface area contributed by atoms with Crippen LogP contribution in [0.4, 0.5) is 0 Å². The first-order valence-electron chi connectivity index (χ1n) is 2.64. The summed E-state index contributed by atoms with van der Waals surface area (Å²) >= 11 is 0. The second-order valence-corrected chi connectivity index (χ2v) is 1.70. The molecular formula is C7HN5.